The minimum atomic E-state index is -0.895. The van der Waals surface area contributed by atoms with Crippen LogP contribution in [0.4, 0.5) is 0 Å². The van der Waals surface area contributed by atoms with Crippen molar-refractivity contribution in [1.82, 2.24) is 25.2 Å². The molecular formula is C19H25N5O7. The molecule has 4 heterocycles. The second-order valence-corrected chi connectivity index (χ2v) is 8.26. The summed E-state index contributed by atoms with van der Waals surface area (Å²) in [6.45, 7) is 7.23. The van der Waals surface area contributed by atoms with Gasteiger partial charge < -0.3 is 19.5 Å². The van der Waals surface area contributed by atoms with Gasteiger partial charge in [-0.1, -0.05) is 10.3 Å². The van der Waals surface area contributed by atoms with Crippen molar-refractivity contribution in [3.8, 4) is 0 Å². The minimum absolute atomic E-state index is 0.0354. The zero-order valence-corrected chi connectivity index (χ0v) is 17.7. The molecule has 0 aliphatic carbocycles. The molecule has 168 valence electrons. The van der Waals surface area contributed by atoms with Crippen molar-refractivity contribution in [2.75, 3.05) is 13.2 Å². The SMILES string of the molecule is Cc1nonc1CC(=O)NC[C@H]1OC[C@@H](n2cc(C)c(=O)[nH]c2=O)[C@@H]2OC(C)(C)O[C@@H]21. The number of rotatable bonds is 5. The van der Waals surface area contributed by atoms with Crippen molar-refractivity contribution < 1.29 is 23.6 Å². The van der Waals surface area contributed by atoms with Crippen molar-refractivity contribution in [2.45, 2.75) is 64.3 Å². The van der Waals surface area contributed by atoms with Crippen molar-refractivity contribution in [1.29, 1.82) is 0 Å². The van der Waals surface area contributed by atoms with Gasteiger partial charge in [0.15, 0.2) is 5.79 Å². The summed E-state index contributed by atoms with van der Waals surface area (Å²) in [5, 5.41) is 10.2. The first kappa shape index (κ1) is 21.4. The van der Waals surface area contributed by atoms with Crippen molar-refractivity contribution in [3.63, 3.8) is 0 Å². The molecule has 12 nitrogen and oxygen atoms in total. The number of amides is 1. The van der Waals surface area contributed by atoms with Crippen molar-refractivity contribution in [2.24, 2.45) is 0 Å². The van der Waals surface area contributed by atoms with Crippen LogP contribution in [0.3, 0.4) is 0 Å². The summed E-state index contributed by atoms with van der Waals surface area (Å²) >= 11 is 0. The van der Waals surface area contributed by atoms with Gasteiger partial charge in [0.2, 0.25) is 5.91 Å². The molecule has 2 saturated heterocycles. The molecular weight excluding hydrogens is 410 g/mol. The number of fused-ring (bicyclic) bond motifs is 1. The van der Waals surface area contributed by atoms with Crippen LogP contribution in [0.25, 0.3) is 0 Å². The van der Waals surface area contributed by atoms with Gasteiger partial charge in [-0.2, -0.15) is 0 Å². The van der Waals surface area contributed by atoms with Crippen LogP contribution < -0.4 is 16.6 Å². The molecule has 12 heteroatoms. The largest absolute Gasteiger partial charge is 0.371 e. The van der Waals surface area contributed by atoms with E-state index in [4.69, 9.17) is 14.2 Å². The van der Waals surface area contributed by atoms with Gasteiger partial charge in [0.05, 0.1) is 19.1 Å². The Bertz CT molecular complexity index is 1090. The van der Waals surface area contributed by atoms with Crippen LogP contribution in [0.5, 0.6) is 0 Å². The molecule has 0 saturated carbocycles. The van der Waals surface area contributed by atoms with Gasteiger partial charge in [-0.05, 0) is 27.7 Å². The number of hydrogen-bond donors (Lipinski definition) is 2. The average Bonchev–Trinajstić information content (AvgIpc) is 3.24. The fourth-order valence-corrected chi connectivity index (χ4v) is 3.90. The predicted molar refractivity (Wildman–Crippen MR) is 104 cm³/mol. The van der Waals surface area contributed by atoms with E-state index in [1.807, 2.05) is 0 Å². The zero-order valence-electron chi connectivity index (χ0n) is 17.7. The summed E-state index contributed by atoms with van der Waals surface area (Å²) < 4.78 is 24.1. The van der Waals surface area contributed by atoms with E-state index in [0.29, 0.717) is 17.0 Å². The van der Waals surface area contributed by atoms with E-state index in [2.05, 4.69) is 25.2 Å². The Balaban J connectivity index is 1.49. The molecule has 0 radical (unpaired) electrons. The fraction of sp³-hybridized carbons (Fsp3) is 0.632. The maximum atomic E-state index is 12.4. The number of carbonyl (C=O) groups is 1. The van der Waals surface area contributed by atoms with Crippen LogP contribution in [-0.2, 0) is 25.4 Å². The number of carbonyl (C=O) groups excluding carboxylic acids is 1. The maximum absolute atomic E-state index is 12.4. The molecule has 2 aromatic rings. The lowest BCUT2D eigenvalue weighted by Crippen LogP contribution is -2.54. The van der Waals surface area contributed by atoms with E-state index >= 15 is 0 Å². The first-order valence-corrected chi connectivity index (χ1v) is 9.98. The Morgan fingerprint density at radius 1 is 1.26 bits per heavy atom. The topological polar surface area (TPSA) is 151 Å². The van der Waals surface area contributed by atoms with E-state index in [0.717, 1.165) is 0 Å². The number of aromatic nitrogens is 4. The van der Waals surface area contributed by atoms with Gasteiger partial charge in [0.1, 0.15) is 29.7 Å². The molecule has 2 fully saturated rings. The summed E-state index contributed by atoms with van der Waals surface area (Å²) in [6, 6.07) is -0.495. The van der Waals surface area contributed by atoms with Crippen LogP contribution in [0.1, 0.15) is 36.8 Å². The third-order valence-corrected chi connectivity index (χ3v) is 5.47. The van der Waals surface area contributed by atoms with Crippen LogP contribution in [0.15, 0.2) is 20.4 Å². The van der Waals surface area contributed by atoms with Crippen LogP contribution >= 0.6 is 0 Å². The summed E-state index contributed by atoms with van der Waals surface area (Å²) in [4.78, 5) is 38.7. The van der Waals surface area contributed by atoms with Crippen LogP contribution in [0, 0.1) is 13.8 Å². The summed E-state index contributed by atoms with van der Waals surface area (Å²) in [5.74, 6) is -1.15. The number of aryl methyl sites for hydroxylation is 2. The molecule has 2 aromatic heterocycles. The molecule has 4 atom stereocenters. The quantitative estimate of drug-likeness (QED) is 0.625. The Morgan fingerprint density at radius 2 is 2.00 bits per heavy atom. The first-order valence-electron chi connectivity index (χ1n) is 9.98. The summed E-state index contributed by atoms with van der Waals surface area (Å²) in [5.41, 5.74) is 0.454. The highest BCUT2D eigenvalue weighted by molar-refractivity contribution is 5.78. The molecule has 4 rings (SSSR count). The molecule has 31 heavy (non-hydrogen) atoms. The van der Waals surface area contributed by atoms with E-state index < -0.39 is 41.4 Å². The first-order chi connectivity index (χ1) is 14.6. The molecule has 2 aliphatic heterocycles. The lowest BCUT2D eigenvalue weighted by atomic mass is 9.97. The van der Waals surface area contributed by atoms with Crippen LogP contribution in [0.2, 0.25) is 0 Å². The van der Waals surface area contributed by atoms with Crippen molar-refractivity contribution >= 4 is 5.91 Å². The Labute approximate surface area is 176 Å². The number of nitrogens with zero attached hydrogens (tertiary/aromatic N) is 3. The van der Waals surface area contributed by atoms with E-state index in [9.17, 15) is 14.4 Å². The molecule has 0 spiro atoms. The molecule has 0 bridgehead atoms. The number of aromatic amines is 1. The standard InChI is InChI=1S/C19H25N5O7/c1-9-7-24(18(27)21-17(9)26)12-8-28-13(16-15(12)29-19(3,4)30-16)6-20-14(25)5-11-10(2)22-31-23-11/h7,12-13,15-16H,5-6,8H2,1-4H3,(H,20,25)(H,21,26,27)/t12-,13-,15+,16-/m1/s1. The summed E-state index contributed by atoms with van der Waals surface area (Å²) in [6.07, 6.45) is 0.0210. The highest BCUT2D eigenvalue weighted by Gasteiger charge is 2.52. The van der Waals surface area contributed by atoms with Gasteiger partial charge in [0, 0.05) is 18.3 Å². The second-order valence-electron chi connectivity index (χ2n) is 8.26. The number of ether oxygens (including phenoxy) is 3. The Morgan fingerprint density at radius 3 is 2.71 bits per heavy atom. The third kappa shape index (κ3) is 4.31. The van der Waals surface area contributed by atoms with Gasteiger partial charge in [-0.3, -0.25) is 19.1 Å². The van der Waals surface area contributed by atoms with Gasteiger partial charge in [-0.15, -0.1) is 0 Å². The normalized spacial score (nSPS) is 27.1. The highest BCUT2D eigenvalue weighted by atomic mass is 16.8. The van der Waals surface area contributed by atoms with Crippen LogP contribution in [-0.4, -0.2) is 63.0 Å². The molecule has 2 aliphatic rings. The lowest BCUT2D eigenvalue weighted by molar-refractivity contribution is -0.153. The number of hydrogen-bond acceptors (Lipinski definition) is 9. The van der Waals surface area contributed by atoms with E-state index in [-0.39, 0.29) is 25.5 Å². The second kappa shape index (κ2) is 8.02. The lowest BCUT2D eigenvalue weighted by Gasteiger charge is -2.37. The fourth-order valence-electron chi connectivity index (χ4n) is 3.90. The Kier molecular flexibility index (Phi) is 5.54. The maximum Gasteiger partial charge on any atom is 0.328 e. The molecule has 0 unspecified atom stereocenters. The minimum Gasteiger partial charge on any atom is -0.371 e. The van der Waals surface area contributed by atoms with E-state index in [1.165, 1.54) is 10.8 Å². The smallest absolute Gasteiger partial charge is 0.328 e. The van der Waals surface area contributed by atoms with Gasteiger partial charge >= 0.3 is 5.69 Å². The van der Waals surface area contributed by atoms with Crippen molar-refractivity contribution in [3.05, 3.63) is 44.0 Å². The monoisotopic (exact) mass is 435 g/mol. The Hall–Kier alpha value is -2.83. The zero-order chi connectivity index (χ0) is 22.3. The number of H-pyrrole nitrogens is 1. The predicted octanol–water partition coefficient (Wildman–Crippen LogP) is -0.645. The average molecular weight is 435 g/mol. The highest BCUT2D eigenvalue weighted by Crippen LogP contribution is 2.39. The number of nitrogens with one attached hydrogen (secondary N) is 2. The van der Waals surface area contributed by atoms with Gasteiger partial charge in [0.25, 0.3) is 5.56 Å². The van der Waals surface area contributed by atoms with E-state index in [1.54, 1.807) is 27.7 Å². The molecule has 1 amide bonds. The molecule has 2 N–H and O–H groups in total. The van der Waals surface area contributed by atoms with Gasteiger partial charge in [-0.25, -0.2) is 9.42 Å². The summed E-state index contributed by atoms with van der Waals surface area (Å²) in [7, 11) is 0. The molecule has 0 aromatic carbocycles. The third-order valence-electron chi connectivity index (χ3n) is 5.47.